The summed E-state index contributed by atoms with van der Waals surface area (Å²) in [6.07, 6.45) is 8.99. The summed E-state index contributed by atoms with van der Waals surface area (Å²) in [4.78, 5) is 0. The number of hydrogen-bond acceptors (Lipinski definition) is 3. The van der Waals surface area contributed by atoms with E-state index < -0.39 is 0 Å². The molecule has 1 aromatic carbocycles. The van der Waals surface area contributed by atoms with Crippen LogP contribution >= 0.6 is 0 Å². The predicted octanol–water partition coefficient (Wildman–Crippen LogP) is 4.53. The maximum absolute atomic E-state index is 5.85. The average Bonchev–Trinajstić information content (AvgIpc) is 2.60. The first-order chi connectivity index (χ1) is 11.2. The van der Waals surface area contributed by atoms with Crippen molar-refractivity contribution in [2.45, 2.75) is 39.4 Å². The van der Waals surface area contributed by atoms with Gasteiger partial charge in [-0.15, -0.1) is 0 Å². The minimum atomic E-state index is 0.176. The van der Waals surface area contributed by atoms with Crippen LogP contribution in [0.25, 0.3) is 0 Å². The Balaban J connectivity index is 1.65. The zero-order valence-electron chi connectivity index (χ0n) is 14.5. The van der Waals surface area contributed by atoms with E-state index in [0.29, 0.717) is 25.7 Å². The van der Waals surface area contributed by atoms with Crippen molar-refractivity contribution in [3.8, 4) is 5.75 Å². The van der Waals surface area contributed by atoms with E-state index in [4.69, 9.17) is 14.2 Å². The number of benzene rings is 1. The van der Waals surface area contributed by atoms with Crippen molar-refractivity contribution in [1.29, 1.82) is 0 Å². The van der Waals surface area contributed by atoms with Crippen molar-refractivity contribution in [1.82, 2.24) is 0 Å². The van der Waals surface area contributed by atoms with Gasteiger partial charge < -0.3 is 14.2 Å². The van der Waals surface area contributed by atoms with E-state index >= 15 is 0 Å². The van der Waals surface area contributed by atoms with Crippen LogP contribution in [0.15, 0.2) is 48.1 Å². The molecule has 1 aliphatic rings. The van der Waals surface area contributed by atoms with Gasteiger partial charge in [-0.3, -0.25) is 0 Å². The molecule has 126 valence electrons. The summed E-state index contributed by atoms with van der Waals surface area (Å²) < 4.78 is 16.6. The minimum Gasteiger partial charge on any atom is -0.491 e. The van der Waals surface area contributed by atoms with E-state index in [0.717, 1.165) is 17.7 Å². The van der Waals surface area contributed by atoms with Gasteiger partial charge in [-0.2, -0.15) is 0 Å². The second-order valence-corrected chi connectivity index (χ2v) is 5.94. The molecule has 0 heterocycles. The zero-order valence-corrected chi connectivity index (χ0v) is 14.5. The van der Waals surface area contributed by atoms with Crippen molar-refractivity contribution in [3.63, 3.8) is 0 Å². The lowest BCUT2D eigenvalue weighted by Crippen LogP contribution is -2.17. The van der Waals surface area contributed by atoms with Crippen molar-refractivity contribution >= 4 is 0 Å². The van der Waals surface area contributed by atoms with Crippen LogP contribution in [0.2, 0.25) is 0 Å². The molecule has 0 saturated carbocycles. The van der Waals surface area contributed by atoms with Gasteiger partial charge in [-0.25, -0.2) is 0 Å². The fourth-order valence-corrected chi connectivity index (χ4v) is 2.55. The van der Waals surface area contributed by atoms with Gasteiger partial charge in [-0.05, 0) is 42.0 Å². The fraction of sp³-hybridized carbons (Fsp3) is 0.500. The highest BCUT2D eigenvalue weighted by atomic mass is 16.5. The van der Waals surface area contributed by atoms with Crippen LogP contribution in [0.1, 0.15) is 32.3 Å². The first-order valence-electron chi connectivity index (χ1n) is 8.43. The number of rotatable bonds is 9. The molecule has 0 saturated heterocycles. The molecule has 1 aromatic rings. The number of methoxy groups -OCH3 is 1. The maximum Gasteiger partial charge on any atom is 0.119 e. The Bertz CT molecular complexity index is 516. The Labute approximate surface area is 139 Å². The van der Waals surface area contributed by atoms with Crippen LogP contribution in [0.5, 0.6) is 5.75 Å². The van der Waals surface area contributed by atoms with Crippen LogP contribution in [0.3, 0.4) is 0 Å². The van der Waals surface area contributed by atoms with Gasteiger partial charge in [0.15, 0.2) is 0 Å². The number of allylic oxidation sites excluding steroid dienone is 2. The van der Waals surface area contributed by atoms with E-state index in [1.54, 1.807) is 7.11 Å². The predicted molar refractivity (Wildman–Crippen MR) is 93.7 cm³/mol. The van der Waals surface area contributed by atoms with Gasteiger partial charge in [0.25, 0.3) is 0 Å². The summed E-state index contributed by atoms with van der Waals surface area (Å²) in [5.41, 5.74) is 2.58. The molecule has 3 heteroatoms. The average molecular weight is 316 g/mol. The molecule has 2 atom stereocenters. The molecule has 0 amide bonds. The molecule has 0 fully saturated rings. The molecule has 0 N–H and O–H groups in total. The first kappa shape index (κ1) is 17.8. The summed E-state index contributed by atoms with van der Waals surface area (Å²) in [6, 6.07) is 7.97. The minimum absolute atomic E-state index is 0.176. The van der Waals surface area contributed by atoms with Gasteiger partial charge in [-0.1, -0.05) is 44.2 Å². The summed E-state index contributed by atoms with van der Waals surface area (Å²) in [6.45, 7) is 6.28. The fourth-order valence-electron chi connectivity index (χ4n) is 2.55. The highest BCUT2D eigenvalue weighted by molar-refractivity contribution is 5.27. The Kier molecular flexibility index (Phi) is 7.37. The summed E-state index contributed by atoms with van der Waals surface area (Å²) >= 11 is 0. The smallest absolute Gasteiger partial charge is 0.119 e. The van der Waals surface area contributed by atoms with Crippen molar-refractivity contribution in [3.05, 3.63) is 53.6 Å². The van der Waals surface area contributed by atoms with Gasteiger partial charge in [0.2, 0.25) is 0 Å². The SMILES string of the molecule is CCC(C)C1=CCC(OCCOc2ccc(COC)cc2)C=C1. The topological polar surface area (TPSA) is 27.7 Å². The third kappa shape index (κ3) is 5.85. The molecule has 2 unspecified atom stereocenters. The van der Waals surface area contributed by atoms with E-state index in [1.807, 2.05) is 24.3 Å². The molecule has 1 aliphatic carbocycles. The Hall–Kier alpha value is -1.58. The molecule has 0 aromatic heterocycles. The first-order valence-corrected chi connectivity index (χ1v) is 8.43. The molecule has 0 spiro atoms. The maximum atomic E-state index is 5.85. The monoisotopic (exact) mass is 316 g/mol. The molecule has 23 heavy (non-hydrogen) atoms. The molecule has 0 bridgehead atoms. The lowest BCUT2D eigenvalue weighted by atomic mass is 9.93. The van der Waals surface area contributed by atoms with E-state index in [2.05, 4.69) is 32.1 Å². The lowest BCUT2D eigenvalue weighted by molar-refractivity contribution is 0.0613. The molecular weight excluding hydrogens is 288 g/mol. The highest BCUT2D eigenvalue weighted by Gasteiger charge is 2.12. The van der Waals surface area contributed by atoms with Gasteiger partial charge in [0, 0.05) is 7.11 Å². The van der Waals surface area contributed by atoms with Gasteiger partial charge >= 0.3 is 0 Å². The Morgan fingerprint density at radius 2 is 1.96 bits per heavy atom. The third-order valence-corrected chi connectivity index (χ3v) is 4.19. The zero-order chi connectivity index (χ0) is 16.5. The van der Waals surface area contributed by atoms with Crippen molar-refractivity contribution in [2.75, 3.05) is 20.3 Å². The normalized spacial score (nSPS) is 18.6. The van der Waals surface area contributed by atoms with Crippen LogP contribution in [-0.2, 0) is 16.1 Å². The third-order valence-electron chi connectivity index (χ3n) is 4.19. The molecule has 2 rings (SSSR count). The van der Waals surface area contributed by atoms with Crippen molar-refractivity contribution in [2.24, 2.45) is 5.92 Å². The molecular formula is C20H28O3. The second-order valence-electron chi connectivity index (χ2n) is 5.94. The molecule has 0 radical (unpaired) electrons. The van der Waals surface area contributed by atoms with Crippen LogP contribution in [0.4, 0.5) is 0 Å². The van der Waals surface area contributed by atoms with E-state index in [9.17, 15) is 0 Å². The Morgan fingerprint density at radius 1 is 1.17 bits per heavy atom. The van der Waals surface area contributed by atoms with Crippen LogP contribution in [-0.4, -0.2) is 26.4 Å². The van der Waals surface area contributed by atoms with Crippen LogP contribution in [0, 0.1) is 5.92 Å². The number of ether oxygens (including phenoxy) is 3. The second kappa shape index (κ2) is 9.53. The van der Waals surface area contributed by atoms with Gasteiger partial charge in [0.05, 0.1) is 19.3 Å². The summed E-state index contributed by atoms with van der Waals surface area (Å²) in [7, 11) is 1.70. The quantitative estimate of drug-likeness (QED) is 0.626. The number of hydrogen-bond donors (Lipinski definition) is 0. The van der Waals surface area contributed by atoms with E-state index in [1.165, 1.54) is 12.0 Å². The summed E-state index contributed by atoms with van der Waals surface area (Å²) in [5.74, 6) is 1.50. The highest BCUT2D eigenvalue weighted by Crippen LogP contribution is 2.22. The van der Waals surface area contributed by atoms with Crippen LogP contribution < -0.4 is 4.74 Å². The molecule has 3 nitrogen and oxygen atoms in total. The molecule has 0 aliphatic heterocycles. The Morgan fingerprint density at radius 3 is 2.57 bits per heavy atom. The van der Waals surface area contributed by atoms with E-state index in [-0.39, 0.29) is 6.10 Å². The van der Waals surface area contributed by atoms with Crippen molar-refractivity contribution < 1.29 is 14.2 Å². The summed E-state index contributed by atoms with van der Waals surface area (Å²) in [5, 5.41) is 0. The largest absolute Gasteiger partial charge is 0.491 e. The van der Waals surface area contributed by atoms with Gasteiger partial charge in [0.1, 0.15) is 12.4 Å². The standard InChI is InChI=1S/C20H28O3/c1-4-16(2)18-7-11-20(12-8-18)23-14-13-22-19-9-5-17(6-10-19)15-21-3/h5-11,16,20H,4,12-15H2,1-3H3. The lowest BCUT2D eigenvalue weighted by Gasteiger charge is -2.20.